The average Bonchev–Trinajstić information content (AvgIpc) is 3.03. The van der Waals surface area contributed by atoms with Gasteiger partial charge in [0.15, 0.2) is 0 Å². The second-order valence-electron chi connectivity index (χ2n) is 9.97. The van der Waals surface area contributed by atoms with Crippen molar-refractivity contribution in [2.75, 3.05) is 26.7 Å². The quantitative estimate of drug-likeness (QED) is 0.772. The average molecular weight is 421 g/mol. The standard InChI is InChI=1S/C26H32N2O3/c1-26(2)15-20-13-19(18-5-4-6-21(14-18)30-3)7-8-22(20)24(26)27-25(29)31-23-16-28-11-9-17(23)10-12-28/h4-8,13-14,17,23-24H,9-12,15-16H2,1-3H3,(H,27,29)/t23-,24?/m0/s1. The first-order valence-electron chi connectivity index (χ1n) is 11.4. The number of ether oxygens (including phenoxy) is 2. The smallest absolute Gasteiger partial charge is 0.407 e. The first kappa shape index (κ1) is 20.4. The van der Waals surface area contributed by atoms with E-state index < -0.39 is 0 Å². The minimum Gasteiger partial charge on any atom is -0.497 e. The Morgan fingerprint density at radius 1 is 1.10 bits per heavy atom. The van der Waals surface area contributed by atoms with Crippen molar-refractivity contribution in [2.24, 2.45) is 11.3 Å². The van der Waals surface area contributed by atoms with Gasteiger partial charge in [0.25, 0.3) is 0 Å². The summed E-state index contributed by atoms with van der Waals surface area (Å²) in [5.41, 5.74) is 4.73. The molecule has 164 valence electrons. The number of rotatable bonds is 4. The van der Waals surface area contributed by atoms with E-state index in [-0.39, 0.29) is 23.7 Å². The van der Waals surface area contributed by atoms with E-state index in [1.54, 1.807) is 7.11 Å². The number of methoxy groups -OCH3 is 1. The summed E-state index contributed by atoms with van der Waals surface area (Å²) in [7, 11) is 1.69. The normalized spacial score (nSPS) is 28.1. The third kappa shape index (κ3) is 3.91. The van der Waals surface area contributed by atoms with Crippen LogP contribution in [0.3, 0.4) is 0 Å². The minimum atomic E-state index is -0.276. The molecule has 0 saturated carbocycles. The Bertz CT molecular complexity index is 978. The van der Waals surface area contributed by atoms with Gasteiger partial charge in [0.2, 0.25) is 0 Å². The number of hydrogen-bond acceptors (Lipinski definition) is 4. The van der Waals surface area contributed by atoms with Gasteiger partial charge in [-0.25, -0.2) is 4.79 Å². The minimum absolute atomic E-state index is 0.0296. The largest absolute Gasteiger partial charge is 0.497 e. The number of fused-ring (bicyclic) bond motifs is 4. The Morgan fingerprint density at radius 2 is 1.87 bits per heavy atom. The highest BCUT2D eigenvalue weighted by Gasteiger charge is 2.42. The molecule has 2 aromatic rings. The first-order chi connectivity index (χ1) is 14.9. The summed E-state index contributed by atoms with van der Waals surface area (Å²) in [6, 6.07) is 14.7. The summed E-state index contributed by atoms with van der Waals surface area (Å²) >= 11 is 0. The van der Waals surface area contributed by atoms with Gasteiger partial charge < -0.3 is 14.8 Å². The molecule has 6 rings (SSSR count). The van der Waals surface area contributed by atoms with Gasteiger partial charge in [0.1, 0.15) is 11.9 Å². The van der Waals surface area contributed by atoms with Crippen molar-refractivity contribution in [3.8, 4) is 16.9 Å². The lowest BCUT2D eigenvalue weighted by Crippen LogP contribution is -2.53. The lowest BCUT2D eigenvalue weighted by Gasteiger charge is -2.44. The molecule has 5 heteroatoms. The van der Waals surface area contributed by atoms with Crippen LogP contribution in [0.2, 0.25) is 0 Å². The highest BCUT2D eigenvalue weighted by Crippen LogP contribution is 2.46. The van der Waals surface area contributed by atoms with Gasteiger partial charge in [0.05, 0.1) is 13.2 Å². The number of amides is 1. The molecule has 0 radical (unpaired) electrons. The fraction of sp³-hybridized carbons (Fsp3) is 0.500. The molecule has 5 nitrogen and oxygen atoms in total. The summed E-state index contributed by atoms with van der Waals surface area (Å²) < 4.78 is 11.3. The summed E-state index contributed by atoms with van der Waals surface area (Å²) in [4.78, 5) is 15.2. The second-order valence-corrected chi connectivity index (χ2v) is 9.97. The molecule has 1 amide bonds. The molecule has 4 aliphatic rings. The predicted molar refractivity (Wildman–Crippen MR) is 121 cm³/mol. The van der Waals surface area contributed by atoms with Crippen molar-refractivity contribution in [3.63, 3.8) is 0 Å². The third-order valence-electron chi connectivity index (χ3n) is 7.40. The Kier molecular flexibility index (Phi) is 5.17. The Labute approximate surface area is 184 Å². The van der Waals surface area contributed by atoms with Gasteiger partial charge >= 0.3 is 6.09 Å². The molecule has 1 N–H and O–H groups in total. The maximum atomic E-state index is 12.8. The number of nitrogens with zero attached hydrogens (tertiary/aromatic N) is 1. The van der Waals surface area contributed by atoms with Crippen LogP contribution >= 0.6 is 0 Å². The van der Waals surface area contributed by atoms with Gasteiger partial charge in [0, 0.05) is 6.54 Å². The van der Waals surface area contributed by atoms with E-state index in [0.717, 1.165) is 50.2 Å². The van der Waals surface area contributed by atoms with Crippen LogP contribution in [-0.2, 0) is 11.2 Å². The molecule has 31 heavy (non-hydrogen) atoms. The maximum absolute atomic E-state index is 12.8. The Morgan fingerprint density at radius 3 is 2.58 bits per heavy atom. The van der Waals surface area contributed by atoms with E-state index >= 15 is 0 Å². The van der Waals surface area contributed by atoms with Crippen LogP contribution < -0.4 is 10.1 Å². The highest BCUT2D eigenvalue weighted by atomic mass is 16.6. The topological polar surface area (TPSA) is 50.8 Å². The molecule has 3 fully saturated rings. The lowest BCUT2D eigenvalue weighted by molar-refractivity contribution is -0.0348. The van der Waals surface area contributed by atoms with Crippen LogP contribution in [0.4, 0.5) is 4.79 Å². The molecule has 2 aromatic carbocycles. The SMILES string of the molecule is COc1cccc(-c2ccc3c(c2)CC(C)(C)C3NC(=O)O[C@H]2CN3CCC2CC3)c1. The second kappa shape index (κ2) is 7.86. The Hall–Kier alpha value is -2.53. The number of hydrogen-bond donors (Lipinski definition) is 1. The zero-order valence-corrected chi connectivity index (χ0v) is 18.7. The van der Waals surface area contributed by atoms with E-state index in [1.165, 1.54) is 16.7 Å². The van der Waals surface area contributed by atoms with Crippen LogP contribution in [0, 0.1) is 11.3 Å². The van der Waals surface area contributed by atoms with E-state index in [2.05, 4.69) is 54.4 Å². The van der Waals surface area contributed by atoms with Gasteiger partial charge in [-0.1, -0.05) is 44.2 Å². The van der Waals surface area contributed by atoms with Crippen LogP contribution in [0.5, 0.6) is 5.75 Å². The van der Waals surface area contributed by atoms with Crippen molar-refractivity contribution in [3.05, 3.63) is 53.6 Å². The molecule has 3 heterocycles. The monoisotopic (exact) mass is 420 g/mol. The molecule has 1 aliphatic carbocycles. The van der Waals surface area contributed by atoms with E-state index in [0.29, 0.717) is 5.92 Å². The van der Waals surface area contributed by atoms with E-state index in [4.69, 9.17) is 9.47 Å². The molecular weight excluding hydrogens is 388 g/mol. The van der Waals surface area contributed by atoms with Crippen LogP contribution in [0.15, 0.2) is 42.5 Å². The number of carbonyl (C=O) groups excluding carboxylic acids is 1. The van der Waals surface area contributed by atoms with Crippen molar-refractivity contribution >= 4 is 6.09 Å². The van der Waals surface area contributed by atoms with Crippen molar-refractivity contribution in [2.45, 2.75) is 45.3 Å². The predicted octanol–water partition coefficient (Wildman–Crippen LogP) is 4.81. The molecular formula is C26H32N2O3. The van der Waals surface area contributed by atoms with Gasteiger partial charge in [-0.3, -0.25) is 4.90 Å². The van der Waals surface area contributed by atoms with E-state index in [1.807, 2.05) is 12.1 Å². The zero-order chi connectivity index (χ0) is 21.6. The number of nitrogens with one attached hydrogen (secondary N) is 1. The molecule has 1 unspecified atom stereocenters. The molecule has 0 aromatic heterocycles. The van der Waals surface area contributed by atoms with Crippen LogP contribution in [0.1, 0.15) is 43.9 Å². The lowest BCUT2D eigenvalue weighted by atomic mass is 9.85. The van der Waals surface area contributed by atoms with Crippen molar-refractivity contribution < 1.29 is 14.3 Å². The number of benzene rings is 2. The first-order valence-corrected chi connectivity index (χ1v) is 11.4. The number of alkyl carbamates (subject to hydrolysis) is 1. The third-order valence-corrected chi connectivity index (χ3v) is 7.40. The molecule has 3 aliphatic heterocycles. The maximum Gasteiger partial charge on any atom is 0.407 e. The van der Waals surface area contributed by atoms with Gasteiger partial charge in [-0.15, -0.1) is 0 Å². The molecule has 2 atom stereocenters. The van der Waals surface area contributed by atoms with Crippen LogP contribution in [0.25, 0.3) is 11.1 Å². The summed E-state index contributed by atoms with van der Waals surface area (Å²) in [6.45, 7) is 7.61. The summed E-state index contributed by atoms with van der Waals surface area (Å²) in [5.74, 6) is 1.37. The summed E-state index contributed by atoms with van der Waals surface area (Å²) in [5, 5.41) is 3.21. The fourth-order valence-electron chi connectivity index (χ4n) is 5.64. The van der Waals surface area contributed by atoms with Crippen molar-refractivity contribution in [1.29, 1.82) is 0 Å². The van der Waals surface area contributed by atoms with Gasteiger partial charge in [-0.05, 0) is 78.1 Å². The van der Waals surface area contributed by atoms with Crippen molar-refractivity contribution in [1.82, 2.24) is 10.2 Å². The fourth-order valence-corrected chi connectivity index (χ4v) is 5.64. The molecule has 3 saturated heterocycles. The molecule has 2 bridgehead atoms. The molecule has 0 spiro atoms. The Balaban J connectivity index is 1.33. The van der Waals surface area contributed by atoms with E-state index in [9.17, 15) is 4.79 Å². The zero-order valence-electron chi connectivity index (χ0n) is 18.7. The highest BCUT2D eigenvalue weighted by molar-refractivity contribution is 5.70. The summed E-state index contributed by atoms with van der Waals surface area (Å²) in [6.07, 6.45) is 2.96. The number of piperidine rings is 3. The van der Waals surface area contributed by atoms with Crippen LogP contribution in [-0.4, -0.2) is 43.8 Å². The number of carbonyl (C=O) groups is 1. The van der Waals surface area contributed by atoms with Gasteiger partial charge in [-0.2, -0.15) is 0 Å².